The minimum atomic E-state index is -1.73. The standard InChI is InChI=1S/C12H17FN2O3/c1-7-4-5-15(11(17)14-7)10-12(3,13)8(2)9(6-16)18-10/h4-5,8-10,16H,1,6H2,2-3H3,(H,14,17)/t8-,9-,10-,12-/m1/s1. The van der Waals surface area contributed by atoms with Gasteiger partial charge >= 0.3 is 6.03 Å². The zero-order valence-electron chi connectivity index (χ0n) is 10.4. The van der Waals surface area contributed by atoms with Crippen LogP contribution in [0.2, 0.25) is 0 Å². The SMILES string of the molecule is C=C1C=CN([C@@H]2O[C@H](CO)[C@@H](C)[C@@]2(C)F)C(=O)N1. The largest absolute Gasteiger partial charge is 0.394 e. The van der Waals surface area contributed by atoms with Gasteiger partial charge in [0, 0.05) is 17.8 Å². The van der Waals surface area contributed by atoms with Gasteiger partial charge in [-0.2, -0.15) is 0 Å². The van der Waals surface area contributed by atoms with E-state index in [0.717, 1.165) is 4.90 Å². The molecule has 2 heterocycles. The molecule has 4 atom stereocenters. The number of carbonyl (C=O) groups is 1. The van der Waals surface area contributed by atoms with Crippen LogP contribution in [0, 0.1) is 5.92 Å². The minimum Gasteiger partial charge on any atom is -0.394 e. The summed E-state index contributed by atoms with van der Waals surface area (Å²) >= 11 is 0. The van der Waals surface area contributed by atoms with Crippen LogP contribution >= 0.6 is 0 Å². The fourth-order valence-electron chi connectivity index (χ4n) is 2.21. The molecule has 2 aliphatic rings. The van der Waals surface area contributed by atoms with E-state index >= 15 is 0 Å². The third kappa shape index (κ3) is 1.91. The number of ether oxygens (including phenoxy) is 1. The number of aliphatic hydroxyl groups is 1. The number of rotatable bonds is 2. The number of hydrogen-bond acceptors (Lipinski definition) is 3. The predicted molar refractivity (Wildman–Crippen MR) is 63.1 cm³/mol. The number of urea groups is 1. The maximum Gasteiger partial charge on any atom is 0.328 e. The molecule has 2 aliphatic heterocycles. The predicted octanol–water partition coefficient (Wildman–Crippen LogP) is 1.12. The monoisotopic (exact) mass is 256 g/mol. The first kappa shape index (κ1) is 13.0. The Hall–Kier alpha value is -1.40. The molecule has 100 valence electrons. The zero-order valence-corrected chi connectivity index (χ0v) is 10.4. The van der Waals surface area contributed by atoms with Crippen molar-refractivity contribution in [3.05, 3.63) is 24.6 Å². The fraction of sp³-hybridized carbons (Fsp3) is 0.583. The topological polar surface area (TPSA) is 61.8 Å². The Labute approximate surface area is 105 Å². The molecule has 0 unspecified atom stereocenters. The van der Waals surface area contributed by atoms with Crippen LogP contribution in [0.15, 0.2) is 24.6 Å². The quantitative estimate of drug-likeness (QED) is 0.778. The molecule has 2 rings (SSSR count). The second kappa shape index (κ2) is 4.37. The first-order chi connectivity index (χ1) is 8.37. The van der Waals surface area contributed by atoms with E-state index in [1.165, 1.54) is 13.1 Å². The third-order valence-electron chi connectivity index (χ3n) is 3.61. The van der Waals surface area contributed by atoms with E-state index in [0.29, 0.717) is 5.70 Å². The smallest absolute Gasteiger partial charge is 0.328 e. The van der Waals surface area contributed by atoms with Crippen LogP contribution in [0.1, 0.15) is 13.8 Å². The summed E-state index contributed by atoms with van der Waals surface area (Å²) in [7, 11) is 0. The lowest BCUT2D eigenvalue weighted by Crippen LogP contribution is -2.52. The van der Waals surface area contributed by atoms with Crippen LogP contribution in [0.5, 0.6) is 0 Å². The molecule has 5 nitrogen and oxygen atoms in total. The molecule has 18 heavy (non-hydrogen) atoms. The van der Waals surface area contributed by atoms with Gasteiger partial charge in [-0.05, 0) is 13.0 Å². The second-order valence-electron chi connectivity index (χ2n) is 4.83. The van der Waals surface area contributed by atoms with Gasteiger partial charge in [0.15, 0.2) is 11.9 Å². The summed E-state index contributed by atoms with van der Waals surface area (Å²) in [5, 5.41) is 11.6. The molecule has 1 saturated heterocycles. The summed E-state index contributed by atoms with van der Waals surface area (Å²) in [5.41, 5.74) is -1.28. The van der Waals surface area contributed by atoms with Gasteiger partial charge in [-0.25, -0.2) is 9.18 Å². The van der Waals surface area contributed by atoms with Gasteiger partial charge in [-0.15, -0.1) is 0 Å². The van der Waals surface area contributed by atoms with Crippen LogP contribution in [-0.2, 0) is 4.74 Å². The molecule has 0 spiro atoms. The Morgan fingerprint density at radius 1 is 1.72 bits per heavy atom. The molecule has 2 amide bonds. The van der Waals surface area contributed by atoms with Crippen molar-refractivity contribution in [3.8, 4) is 0 Å². The molecule has 0 aromatic heterocycles. The number of allylic oxidation sites excluding steroid dienone is 1. The van der Waals surface area contributed by atoms with Crippen LogP contribution < -0.4 is 5.32 Å². The molecule has 6 heteroatoms. The summed E-state index contributed by atoms with van der Waals surface area (Å²) in [6, 6.07) is -0.484. The first-order valence-electron chi connectivity index (χ1n) is 5.79. The lowest BCUT2D eigenvalue weighted by Gasteiger charge is -2.34. The molecule has 0 aromatic carbocycles. The average molecular weight is 256 g/mol. The molecule has 1 fully saturated rings. The fourth-order valence-corrected chi connectivity index (χ4v) is 2.21. The highest BCUT2D eigenvalue weighted by atomic mass is 19.1. The molecule has 0 aliphatic carbocycles. The summed E-state index contributed by atoms with van der Waals surface area (Å²) in [4.78, 5) is 12.9. The Bertz CT molecular complexity index is 408. The average Bonchev–Trinajstić information content (AvgIpc) is 2.52. The summed E-state index contributed by atoms with van der Waals surface area (Å²) < 4.78 is 20.1. The lowest BCUT2D eigenvalue weighted by molar-refractivity contribution is -0.0721. The van der Waals surface area contributed by atoms with Gasteiger partial charge in [0.2, 0.25) is 0 Å². The Morgan fingerprint density at radius 2 is 2.39 bits per heavy atom. The second-order valence-corrected chi connectivity index (χ2v) is 4.83. The number of halogens is 1. The van der Waals surface area contributed by atoms with E-state index in [9.17, 15) is 9.18 Å². The van der Waals surface area contributed by atoms with Crippen molar-refractivity contribution < 1.29 is 19.0 Å². The highest BCUT2D eigenvalue weighted by Crippen LogP contribution is 2.41. The van der Waals surface area contributed by atoms with Gasteiger partial charge in [0.25, 0.3) is 0 Å². The minimum absolute atomic E-state index is 0.275. The molecule has 0 aromatic rings. The molecule has 2 N–H and O–H groups in total. The van der Waals surface area contributed by atoms with Gasteiger partial charge in [0.05, 0.1) is 12.7 Å². The summed E-state index contributed by atoms with van der Waals surface area (Å²) in [5.74, 6) is -0.501. The van der Waals surface area contributed by atoms with E-state index in [1.807, 2.05) is 0 Å². The van der Waals surface area contributed by atoms with E-state index < -0.39 is 29.9 Å². The number of aliphatic hydroxyl groups excluding tert-OH is 1. The lowest BCUT2D eigenvalue weighted by atomic mass is 9.89. The van der Waals surface area contributed by atoms with Crippen molar-refractivity contribution in [2.75, 3.05) is 6.61 Å². The van der Waals surface area contributed by atoms with Crippen LogP contribution in [0.4, 0.5) is 9.18 Å². The number of amides is 2. The number of nitrogens with one attached hydrogen (secondary N) is 1. The van der Waals surface area contributed by atoms with Crippen LogP contribution in [0.3, 0.4) is 0 Å². The Balaban J connectivity index is 2.26. The molecule has 0 saturated carbocycles. The molecule has 0 bridgehead atoms. The maximum atomic E-state index is 14.6. The zero-order chi connectivity index (χ0) is 13.5. The number of alkyl halides is 1. The van der Waals surface area contributed by atoms with E-state index in [2.05, 4.69) is 11.9 Å². The third-order valence-corrected chi connectivity index (χ3v) is 3.61. The normalized spacial score (nSPS) is 40.2. The van der Waals surface area contributed by atoms with E-state index in [4.69, 9.17) is 9.84 Å². The number of carbonyl (C=O) groups excluding carboxylic acids is 1. The highest BCUT2D eigenvalue weighted by Gasteiger charge is 2.55. The molecular weight excluding hydrogens is 239 g/mol. The Kier molecular flexibility index (Phi) is 3.16. The van der Waals surface area contributed by atoms with Gasteiger partial charge < -0.3 is 15.2 Å². The van der Waals surface area contributed by atoms with Crippen molar-refractivity contribution in [1.29, 1.82) is 0 Å². The molecular formula is C12H17FN2O3. The van der Waals surface area contributed by atoms with Crippen molar-refractivity contribution in [3.63, 3.8) is 0 Å². The summed E-state index contributed by atoms with van der Waals surface area (Å²) in [6.45, 7) is 6.35. The number of nitrogens with zero attached hydrogens (tertiary/aromatic N) is 1. The van der Waals surface area contributed by atoms with E-state index in [-0.39, 0.29) is 6.61 Å². The Morgan fingerprint density at radius 3 is 2.89 bits per heavy atom. The van der Waals surface area contributed by atoms with Gasteiger partial charge in [-0.1, -0.05) is 13.5 Å². The van der Waals surface area contributed by atoms with Crippen molar-refractivity contribution in [1.82, 2.24) is 10.2 Å². The first-order valence-corrected chi connectivity index (χ1v) is 5.79. The van der Waals surface area contributed by atoms with Crippen LogP contribution in [0.25, 0.3) is 0 Å². The molecule has 0 radical (unpaired) electrons. The van der Waals surface area contributed by atoms with Crippen molar-refractivity contribution >= 4 is 6.03 Å². The highest BCUT2D eigenvalue weighted by molar-refractivity contribution is 5.79. The van der Waals surface area contributed by atoms with Crippen molar-refractivity contribution in [2.24, 2.45) is 5.92 Å². The van der Waals surface area contributed by atoms with Crippen molar-refractivity contribution in [2.45, 2.75) is 31.8 Å². The summed E-state index contributed by atoms with van der Waals surface area (Å²) in [6.07, 6.45) is 1.35. The maximum absolute atomic E-state index is 14.6. The van der Waals surface area contributed by atoms with Gasteiger partial charge in [-0.3, -0.25) is 4.90 Å². The van der Waals surface area contributed by atoms with Crippen LogP contribution in [-0.4, -0.2) is 40.6 Å². The van der Waals surface area contributed by atoms with E-state index in [1.54, 1.807) is 13.0 Å². The van der Waals surface area contributed by atoms with Gasteiger partial charge in [0.1, 0.15) is 0 Å². The number of hydrogen-bond donors (Lipinski definition) is 2.